The van der Waals surface area contributed by atoms with Gasteiger partial charge in [-0.1, -0.05) is 18.2 Å². The molecule has 5 nitrogen and oxygen atoms in total. The molecule has 0 aliphatic carbocycles. The predicted octanol–water partition coefficient (Wildman–Crippen LogP) is 2.59. The van der Waals surface area contributed by atoms with Gasteiger partial charge in [0.1, 0.15) is 11.8 Å². The van der Waals surface area contributed by atoms with Gasteiger partial charge in [0.25, 0.3) is 5.91 Å². The fraction of sp³-hybridized carbons (Fsp3) is 0.389. The number of nitrogens with one attached hydrogen (secondary N) is 1. The second kappa shape index (κ2) is 6.87. The van der Waals surface area contributed by atoms with Crippen LogP contribution in [0.1, 0.15) is 31.4 Å². The van der Waals surface area contributed by atoms with E-state index >= 15 is 0 Å². The third-order valence-electron chi connectivity index (χ3n) is 4.24. The zero-order chi connectivity index (χ0) is 16.2. The highest BCUT2D eigenvalue weighted by Crippen LogP contribution is 2.31. The van der Waals surface area contributed by atoms with Gasteiger partial charge in [0.2, 0.25) is 0 Å². The molecule has 1 saturated heterocycles. The standard InChI is InChI=1S/C18H23N3O2/c1-3-5-10-20-11-12-21-17(18(20)22)13-16(19-21)14-6-8-15(9-7-14)23-4-2/h3,6-9,11-12,16-17,19H,1,4-5,10,13H2,2H3. The fourth-order valence-electron chi connectivity index (χ4n) is 3.03. The molecular formula is C18H23N3O2. The molecule has 0 spiro atoms. The molecule has 3 rings (SSSR count). The molecular weight excluding hydrogens is 290 g/mol. The van der Waals surface area contributed by atoms with Gasteiger partial charge in [0.15, 0.2) is 0 Å². The maximum Gasteiger partial charge on any atom is 0.250 e. The SMILES string of the molecule is C=CCCN1C=CN2NC(c3ccc(OCC)cc3)CC2C1=O. The molecule has 122 valence electrons. The number of fused-ring (bicyclic) bond motifs is 1. The van der Waals surface area contributed by atoms with Gasteiger partial charge in [-0.15, -0.1) is 6.58 Å². The number of benzene rings is 1. The van der Waals surface area contributed by atoms with Crippen molar-refractivity contribution in [2.45, 2.75) is 31.8 Å². The van der Waals surface area contributed by atoms with Gasteiger partial charge in [-0.05, 0) is 37.5 Å². The van der Waals surface area contributed by atoms with Crippen molar-refractivity contribution in [1.82, 2.24) is 15.3 Å². The van der Waals surface area contributed by atoms with Crippen LogP contribution in [0.15, 0.2) is 49.3 Å². The number of carbonyl (C=O) groups is 1. The van der Waals surface area contributed by atoms with E-state index in [0.717, 1.165) is 18.6 Å². The summed E-state index contributed by atoms with van der Waals surface area (Å²) in [5.74, 6) is 1.02. The van der Waals surface area contributed by atoms with Gasteiger partial charge in [0, 0.05) is 18.9 Å². The van der Waals surface area contributed by atoms with Crippen LogP contribution in [0, 0.1) is 0 Å². The molecule has 0 saturated carbocycles. The van der Waals surface area contributed by atoms with E-state index in [-0.39, 0.29) is 18.0 Å². The van der Waals surface area contributed by atoms with E-state index in [0.29, 0.717) is 13.2 Å². The van der Waals surface area contributed by atoms with Crippen molar-refractivity contribution >= 4 is 5.91 Å². The Kier molecular flexibility index (Phi) is 4.67. The van der Waals surface area contributed by atoms with E-state index in [2.05, 4.69) is 24.1 Å². The Bertz CT molecular complexity index is 597. The van der Waals surface area contributed by atoms with E-state index in [1.807, 2.05) is 42.5 Å². The Morgan fingerprint density at radius 1 is 1.35 bits per heavy atom. The number of nitrogens with zero attached hydrogens (tertiary/aromatic N) is 2. The summed E-state index contributed by atoms with van der Waals surface area (Å²) in [6, 6.07) is 8.08. The van der Waals surface area contributed by atoms with Gasteiger partial charge >= 0.3 is 0 Å². The summed E-state index contributed by atoms with van der Waals surface area (Å²) in [6.07, 6.45) is 7.20. The zero-order valence-electron chi connectivity index (χ0n) is 13.4. The van der Waals surface area contributed by atoms with Gasteiger partial charge in [-0.2, -0.15) is 0 Å². The normalized spacial score (nSPS) is 23.1. The number of amides is 1. The van der Waals surface area contributed by atoms with Crippen molar-refractivity contribution in [2.75, 3.05) is 13.2 Å². The lowest BCUT2D eigenvalue weighted by molar-refractivity contribution is -0.134. The minimum absolute atomic E-state index is 0.138. The van der Waals surface area contributed by atoms with E-state index in [1.165, 1.54) is 5.56 Å². The van der Waals surface area contributed by atoms with Crippen LogP contribution in [-0.4, -0.2) is 35.0 Å². The van der Waals surface area contributed by atoms with Crippen molar-refractivity contribution < 1.29 is 9.53 Å². The molecule has 2 atom stereocenters. The molecule has 0 bridgehead atoms. The summed E-state index contributed by atoms with van der Waals surface area (Å²) in [5, 5.41) is 1.92. The number of hydrogen-bond donors (Lipinski definition) is 1. The van der Waals surface area contributed by atoms with Crippen LogP contribution < -0.4 is 10.2 Å². The van der Waals surface area contributed by atoms with Crippen LogP contribution in [0.25, 0.3) is 0 Å². The number of hydrogen-bond acceptors (Lipinski definition) is 4. The van der Waals surface area contributed by atoms with Crippen LogP contribution in [-0.2, 0) is 4.79 Å². The van der Waals surface area contributed by atoms with E-state index in [4.69, 9.17) is 4.74 Å². The van der Waals surface area contributed by atoms with Crippen molar-refractivity contribution in [3.05, 3.63) is 54.9 Å². The molecule has 1 fully saturated rings. The molecule has 23 heavy (non-hydrogen) atoms. The molecule has 1 aromatic carbocycles. The molecule has 2 aliphatic rings. The molecule has 0 radical (unpaired) electrons. The van der Waals surface area contributed by atoms with Crippen molar-refractivity contribution in [2.24, 2.45) is 0 Å². The molecule has 2 aliphatic heterocycles. The summed E-state index contributed by atoms with van der Waals surface area (Å²) in [5.41, 5.74) is 4.57. The third kappa shape index (κ3) is 3.24. The Hall–Kier alpha value is -2.27. The highest BCUT2D eigenvalue weighted by molar-refractivity contribution is 5.84. The third-order valence-corrected chi connectivity index (χ3v) is 4.24. The number of hydrazine groups is 1. The molecule has 1 aromatic rings. The lowest BCUT2D eigenvalue weighted by Gasteiger charge is -2.31. The highest BCUT2D eigenvalue weighted by Gasteiger charge is 2.39. The van der Waals surface area contributed by atoms with Crippen molar-refractivity contribution in [3.63, 3.8) is 0 Å². The maximum atomic E-state index is 12.6. The Morgan fingerprint density at radius 2 is 2.13 bits per heavy atom. The molecule has 2 heterocycles. The lowest BCUT2D eigenvalue weighted by Crippen LogP contribution is -2.48. The largest absolute Gasteiger partial charge is 0.494 e. The Balaban J connectivity index is 1.67. The Labute approximate surface area is 137 Å². The maximum absolute atomic E-state index is 12.6. The number of carbonyl (C=O) groups excluding carboxylic acids is 1. The van der Waals surface area contributed by atoms with Gasteiger partial charge in [-0.3, -0.25) is 4.79 Å². The first kappa shape index (κ1) is 15.6. The van der Waals surface area contributed by atoms with E-state index < -0.39 is 0 Å². The number of rotatable bonds is 6. The van der Waals surface area contributed by atoms with Crippen molar-refractivity contribution in [1.29, 1.82) is 0 Å². The summed E-state index contributed by atoms with van der Waals surface area (Å²) < 4.78 is 5.48. The topological polar surface area (TPSA) is 44.8 Å². The van der Waals surface area contributed by atoms with Crippen LogP contribution in [0.5, 0.6) is 5.75 Å². The first-order valence-corrected chi connectivity index (χ1v) is 8.10. The first-order chi connectivity index (χ1) is 11.2. The minimum atomic E-state index is -0.138. The van der Waals surface area contributed by atoms with Crippen LogP contribution >= 0.6 is 0 Å². The summed E-state index contributed by atoms with van der Waals surface area (Å²) >= 11 is 0. The monoisotopic (exact) mass is 313 g/mol. The van der Waals surface area contributed by atoms with Gasteiger partial charge < -0.3 is 14.6 Å². The molecule has 1 amide bonds. The lowest BCUT2D eigenvalue weighted by atomic mass is 10.0. The first-order valence-electron chi connectivity index (χ1n) is 8.10. The average molecular weight is 313 g/mol. The van der Waals surface area contributed by atoms with Gasteiger partial charge in [-0.25, -0.2) is 5.43 Å². The molecule has 5 heteroatoms. The van der Waals surface area contributed by atoms with Crippen LogP contribution in [0.3, 0.4) is 0 Å². The summed E-state index contributed by atoms with van der Waals surface area (Å²) in [4.78, 5) is 14.4. The van der Waals surface area contributed by atoms with E-state index in [1.54, 1.807) is 4.90 Å². The second-order valence-electron chi connectivity index (χ2n) is 5.75. The Morgan fingerprint density at radius 3 is 2.83 bits per heavy atom. The van der Waals surface area contributed by atoms with Crippen molar-refractivity contribution in [3.8, 4) is 5.75 Å². The summed E-state index contributed by atoms with van der Waals surface area (Å²) in [6.45, 7) is 7.04. The number of ether oxygens (including phenoxy) is 1. The second-order valence-corrected chi connectivity index (χ2v) is 5.75. The smallest absolute Gasteiger partial charge is 0.250 e. The summed E-state index contributed by atoms with van der Waals surface area (Å²) in [7, 11) is 0. The highest BCUT2D eigenvalue weighted by atomic mass is 16.5. The zero-order valence-corrected chi connectivity index (χ0v) is 13.4. The fourth-order valence-corrected chi connectivity index (χ4v) is 3.03. The average Bonchev–Trinajstić information content (AvgIpc) is 3.00. The quantitative estimate of drug-likeness (QED) is 0.820. The van der Waals surface area contributed by atoms with E-state index in [9.17, 15) is 4.79 Å². The molecule has 2 unspecified atom stereocenters. The predicted molar refractivity (Wildman–Crippen MR) is 89.4 cm³/mol. The molecule has 0 aromatic heterocycles. The minimum Gasteiger partial charge on any atom is -0.494 e. The molecule has 1 N–H and O–H groups in total. The van der Waals surface area contributed by atoms with Crippen LogP contribution in [0.4, 0.5) is 0 Å². The van der Waals surface area contributed by atoms with Gasteiger partial charge in [0.05, 0.1) is 12.6 Å². The van der Waals surface area contributed by atoms with Crippen LogP contribution in [0.2, 0.25) is 0 Å².